The number of nitrogens with zero attached hydrogens (tertiary/aromatic N) is 2. The van der Waals surface area contributed by atoms with Gasteiger partial charge in [0.05, 0.1) is 12.5 Å². The quantitative estimate of drug-likeness (QED) is 0.202. The van der Waals surface area contributed by atoms with E-state index in [4.69, 9.17) is 34.8 Å². The summed E-state index contributed by atoms with van der Waals surface area (Å²) in [5.74, 6) is -2.32. The number of aliphatic imine (C=N–C) groups is 1. The standard InChI is InChI=1S/C24H18Cl3F3N2O/c1-14-8-15(2-5-20(14)23(33)32-13-16-4-7-22(27)31-12-16)3-6-21(24(28,29)30)17-9-18(25)11-19(26)10-17/h2-12,21H,13H2,1H3,(H,32,33)/p-1/b6-3+. The second-order valence-electron chi connectivity index (χ2n) is 7.27. The van der Waals surface area contributed by atoms with Gasteiger partial charge in [0.1, 0.15) is 5.15 Å². The molecule has 9 heteroatoms. The third-order valence-corrected chi connectivity index (χ3v) is 5.41. The van der Waals surface area contributed by atoms with E-state index in [1.165, 1.54) is 30.5 Å². The maximum absolute atomic E-state index is 13.7. The topological polar surface area (TPSA) is 48.3 Å². The molecular formula is C24H17Cl3F3N2O-. The summed E-state index contributed by atoms with van der Waals surface area (Å²) in [6, 6.07) is 11.9. The van der Waals surface area contributed by atoms with Crippen LogP contribution in [0.4, 0.5) is 13.2 Å². The molecule has 2 aromatic carbocycles. The number of rotatable bonds is 6. The van der Waals surface area contributed by atoms with Crippen LogP contribution < -0.4 is 5.11 Å². The van der Waals surface area contributed by atoms with Gasteiger partial charge in [0, 0.05) is 16.2 Å². The van der Waals surface area contributed by atoms with Crippen molar-refractivity contribution >= 4 is 46.8 Å². The Hall–Kier alpha value is -2.54. The number of aromatic nitrogens is 1. The van der Waals surface area contributed by atoms with Crippen LogP contribution in [0.2, 0.25) is 15.2 Å². The van der Waals surface area contributed by atoms with E-state index in [0.717, 1.165) is 11.6 Å². The molecule has 1 heterocycles. The third-order valence-electron chi connectivity index (χ3n) is 4.75. The van der Waals surface area contributed by atoms with Gasteiger partial charge in [-0.1, -0.05) is 71.2 Å². The Bertz CT molecular complexity index is 1170. The summed E-state index contributed by atoms with van der Waals surface area (Å²) in [4.78, 5) is 7.97. The Kier molecular flexibility index (Phi) is 8.05. The first-order chi connectivity index (χ1) is 15.5. The molecule has 3 nitrogen and oxygen atoms in total. The van der Waals surface area contributed by atoms with Gasteiger partial charge in [-0.2, -0.15) is 13.2 Å². The molecule has 0 bridgehead atoms. The van der Waals surface area contributed by atoms with E-state index in [1.54, 1.807) is 37.3 Å². The Morgan fingerprint density at radius 3 is 2.33 bits per heavy atom. The van der Waals surface area contributed by atoms with Crippen molar-refractivity contribution in [1.29, 1.82) is 0 Å². The highest BCUT2D eigenvalue weighted by Gasteiger charge is 2.39. The van der Waals surface area contributed by atoms with Crippen molar-refractivity contribution in [2.75, 3.05) is 0 Å². The van der Waals surface area contributed by atoms with E-state index >= 15 is 0 Å². The average molecular weight is 513 g/mol. The van der Waals surface area contributed by atoms with Crippen molar-refractivity contribution in [3.63, 3.8) is 0 Å². The predicted octanol–water partition coefficient (Wildman–Crippen LogP) is 7.02. The van der Waals surface area contributed by atoms with E-state index in [0.29, 0.717) is 21.8 Å². The summed E-state index contributed by atoms with van der Waals surface area (Å²) in [5, 5.41) is 13.0. The van der Waals surface area contributed by atoms with Crippen molar-refractivity contribution in [3.05, 3.63) is 104 Å². The van der Waals surface area contributed by atoms with Gasteiger partial charge < -0.3 is 5.11 Å². The molecule has 1 aromatic heterocycles. The summed E-state index contributed by atoms with van der Waals surface area (Å²) in [6.07, 6.45) is -0.615. The monoisotopic (exact) mass is 511 g/mol. The minimum absolute atomic E-state index is 0.0599. The van der Waals surface area contributed by atoms with E-state index < -0.39 is 18.0 Å². The molecule has 0 fully saturated rings. The maximum Gasteiger partial charge on any atom is 0.399 e. The van der Waals surface area contributed by atoms with Crippen molar-refractivity contribution in [3.8, 4) is 0 Å². The minimum atomic E-state index is -4.54. The normalized spacial score (nSPS) is 13.5. The SMILES string of the molecule is Cc1cc(/C=C/C(c2cc(Cl)cc(Cl)c2)C(F)(F)F)ccc1C([O-])=NCc1ccc(Cl)nc1. The molecule has 0 aliphatic carbocycles. The average Bonchev–Trinajstić information content (AvgIpc) is 2.71. The zero-order chi connectivity index (χ0) is 24.2. The second-order valence-corrected chi connectivity index (χ2v) is 8.53. The van der Waals surface area contributed by atoms with Gasteiger partial charge in [-0.05, 0) is 64.9 Å². The molecule has 3 aromatic rings. The van der Waals surface area contributed by atoms with E-state index in [2.05, 4.69) is 9.98 Å². The molecule has 172 valence electrons. The fourth-order valence-corrected chi connectivity index (χ4v) is 3.80. The molecule has 0 N–H and O–H groups in total. The van der Waals surface area contributed by atoms with Crippen LogP contribution in [0.5, 0.6) is 0 Å². The molecule has 0 saturated carbocycles. The van der Waals surface area contributed by atoms with Crippen LogP contribution in [0.15, 0.2) is 65.8 Å². The lowest BCUT2D eigenvalue weighted by Crippen LogP contribution is -2.20. The Balaban J connectivity index is 1.81. The van der Waals surface area contributed by atoms with Crippen molar-refractivity contribution in [1.82, 2.24) is 4.98 Å². The van der Waals surface area contributed by atoms with E-state index in [-0.39, 0.29) is 22.2 Å². The lowest BCUT2D eigenvalue weighted by atomic mass is 9.96. The highest BCUT2D eigenvalue weighted by atomic mass is 35.5. The van der Waals surface area contributed by atoms with Crippen LogP contribution in [0.3, 0.4) is 0 Å². The zero-order valence-corrected chi connectivity index (χ0v) is 19.5. The first-order valence-corrected chi connectivity index (χ1v) is 10.8. The molecular weight excluding hydrogens is 496 g/mol. The summed E-state index contributed by atoms with van der Waals surface area (Å²) in [7, 11) is 0. The lowest BCUT2D eigenvalue weighted by Gasteiger charge is -2.18. The van der Waals surface area contributed by atoms with Gasteiger partial charge in [-0.25, -0.2) is 4.98 Å². The first kappa shape index (κ1) is 25.1. The fraction of sp³-hybridized carbons (Fsp3) is 0.167. The van der Waals surface area contributed by atoms with Gasteiger partial charge in [-0.3, -0.25) is 4.99 Å². The molecule has 1 atom stereocenters. The number of allylic oxidation sites excluding steroid dienone is 1. The van der Waals surface area contributed by atoms with Crippen LogP contribution in [0, 0.1) is 6.92 Å². The van der Waals surface area contributed by atoms with Gasteiger partial charge in [0.2, 0.25) is 0 Å². The van der Waals surface area contributed by atoms with Gasteiger partial charge in [-0.15, -0.1) is 0 Å². The van der Waals surface area contributed by atoms with E-state index in [1.807, 2.05) is 0 Å². The molecule has 0 saturated heterocycles. The number of pyridine rings is 1. The maximum atomic E-state index is 13.7. The number of benzene rings is 2. The molecule has 1 unspecified atom stereocenters. The molecule has 0 radical (unpaired) electrons. The van der Waals surface area contributed by atoms with Crippen LogP contribution in [-0.2, 0) is 6.54 Å². The highest BCUT2D eigenvalue weighted by Crippen LogP contribution is 2.38. The van der Waals surface area contributed by atoms with Crippen molar-refractivity contribution in [2.45, 2.75) is 25.6 Å². The summed E-state index contributed by atoms with van der Waals surface area (Å²) < 4.78 is 41.0. The van der Waals surface area contributed by atoms with Crippen LogP contribution in [-0.4, -0.2) is 17.1 Å². The Morgan fingerprint density at radius 1 is 1.06 bits per heavy atom. The summed E-state index contributed by atoms with van der Waals surface area (Å²) in [6.45, 7) is 1.83. The largest absolute Gasteiger partial charge is 0.858 e. The Labute approximate surface area is 204 Å². The molecule has 0 aliphatic rings. The number of alkyl halides is 3. The Morgan fingerprint density at radius 2 is 1.76 bits per heavy atom. The van der Waals surface area contributed by atoms with Crippen molar-refractivity contribution < 1.29 is 18.3 Å². The summed E-state index contributed by atoms with van der Waals surface area (Å²) in [5.41, 5.74) is 2.13. The zero-order valence-electron chi connectivity index (χ0n) is 17.2. The van der Waals surface area contributed by atoms with Gasteiger partial charge in [0.25, 0.3) is 0 Å². The minimum Gasteiger partial charge on any atom is -0.858 e. The fourth-order valence-electron chi connectivity index (χ4n) is 3.15. The van der Waals surface area contributed by atoms with E-state index in [9.17, 15) is 18.3 Å². The number of hydrogen-bond donors (Lipinski definition) is 0. The lowest BCUT2D eigenvalue weighted by molar-refractivity contribution is -0.213. The smallest absolute Gasteiger partial charge is 0.399 e. The molecule has 3 rings (SSSR count). The molecule has 0 amide bonds. The van der Waals surface area contributed by atoms with Crippen LogP contribution >= 0.6 is 34.8 Å². The van der Waals surface area contributed by atoms with Crippen LogP contribution in [0.1, 0.15) is 33.7 Å². The van der Waals surface area contributed by atoms with Gasteiger partial charge in [0.15, 0.2) is 0 Å². The second kappa shape index (κ2) is 10.6. The molecule has 0 aliphatic heterocycles. The van der Waals surface area contributed by atoms with Crippen molar-refractivity contribution in [2.24, 2.45) is 4.99 Å². The highest BCUT2D eigenvalue weighted by molar-refractivity contribution is 6.34. The predicted molar refractivity (Wildman–Crippen MR) is 125 cm³/mol. The number of halogens is 6. The molecule has 33 heavy (non-hydrogen) atoms. The van der Waals surface area contributed by atoms with Crippen LogP contribution in [0.25, 0.3) is 6.08 Å². The first-order valence-electron chi connectivity index (χ1n) is 9.67. The summed E-state index contributed by atoms with van der Waals surface area (Å²) >= 11 is 17.5. The molecule has 0 spiro atoms. The third kappa shape index (κ3) is 6.97. The van der Waals surface area contributed by atoms with Gasteiger partial charge >= 0.3 is 6.18 Å². The number of hydrogen-bond acceptors (Lipinski definition) is 3. The number of aryl methyl sites for hydroxylation is 1.